The van der Waals surface area contributed by atoms with Crippen molar-refractivity contribution in [3.05, 3.63) is 110 Å². The van der Waals surface area contributed by atoms with Gasteiger partial charge in [-0.1, -0.05) is 54.6 Å². The summed E-state index contributed by atoms with van der Waals surface area (Å²) >= 11 is 0. The van der Waals surface area contributed by atoms with Crippen LogP contribution in [0.4, 0.5) is 4.39 Å². The number of benzene rings is 3. The van der Waals surface area contributed by atoms with Crippen LogP contribution in [0.25, 0.3) is 22.3 Å². The first kappa shape index (κ1) is 45.5. The Hall–Kier alpha value is -4.57. The fourth-order valence-electron chi connectivity index (χ4n) is 5.50. The fraction of sp³-hybridized carbons (Fsp3) is 0.395. The quantitative estimate of drug-likeness (QED) is 0.0654. The van der Waals surface area contributed by atoms with Crippen molar-refractivity contribution in [2.45, 2.75) is 58.3 Å². The van der Waals surface area contributed by atoms with Gasteiger partial charge in [0.25, 0.3) is 0 Å². The molecule has 9 heteroatoms. The first-order valence-electron chi connectivity index (χ1n) is 17.6. The number of carbonyl (C=O) groups is 2. The van der Waals surface area contributed by atoms with Crippen LogP contribution in [0.1, 0.15) is 63.9 Å². The molecule has 284 valence electrons. The molecule has 1 aliphatic rings. The van der Waals surface area contributed by atoms with Crippen LogP contribution in [0, 0.1) is 11.7 Å². The van der Waals surface area contributed by atoms with E-state index in [1.54, 1.807) is 19.2 Å². The molecule has 3 aromatic rings. The van der Waals surface area contributed by atoms with Crippen molar-refractivity contribution < 1.29 is 43.1 Å². The minimum absolute atomic E-state index is 0.0833. The number of allylic oxidation sites excluding steroid dienone is 1. The summed E-state index contributed by atoms with van der Waals surface area (Å²) in [5.41, 5.74) is 4.56. The number of esters is 1. The summed E-state index contributed by atoms with van der Waals surface area (Å²) in [4.78, 5) is 19.8. The number of carbonyl (C=O) groups excluding carboxylic acids is 2. The monoisotopic (exact) mass is 720 g/mol. The molecule has 0 aromatic heterocycles. The Morgan fingerprint density at radius 3 is 1.73 bits per heavy atom. The maximum atomic E-state index is 15.3. The smallest absolute Gasteiger partial charge is 0.302 e. The molecule has 4 rings (SSSR count). The van der Waals surface area contributed by atoms with Gasteiger partial charge in [-0.25, -0.2) is 4.39 Å². The van der Waals surface area contributed by atoms with Gasteiger partial charge < -0.3 is 34.0 Å². The summed E-state index contributed by atoms with van der Waals surface area (Å²) < 4.78 is 37.0. The van der Waals surface area contributed by atoms with Crippen LogP contribution in [0.5, 0.6) is 11.5 Å². The largest absolute Gasteiger partial charge is 0.491 e. The number of aldehydes is 1. The highest BCUT2D eigenvalue weighted by atomic mass is 19.1. The molecule has 0 bridgehead atoms. The number of halogens is 1. The topological polar surface area (TPSA) is 112 Å². The van der Waals surface area contributed by atoms with E-state index in [-0.39, 0.29) is 38.2 Å². The van der Waals surface area contributed by atoms with E-state index in [1.165, 1.54) is 45.3 Å². The third-order valence-electron chi connectivity index (χ3n) is 7.97. The van der Waals surface area contributed by atoms with Gasteiger partial charge in [-0.2, -0.15) is 0 Å². The first-order chi connectivity index (χ1) is 25.2. The number of aliphatic hydroxyl groups is 2. The molecule has 0 spiro atoms. The molecule has 0 atom stereocenters. The van der Waals surface area contributed by atoms with Crippen molar-refractivity contribution in [1.82, 2.24) is 0 Å². The van der Waals surface area contributed by atoms with Crippen molar-refractivity contribution in [3.63, 3.8) is 0 Å². The van der Waals surface area contributed by atoms with Gasteiger partial charge in [-0.15, -0.1) is 19.7 Å². The highest BCUT2D eigenvalue weighted by molar-refractivity contribution is 5.72. The van der Waals surface area contributed by atoms with Crippen molar-refractivity contribution in [2.24, 2.45) is 5.92 Å². The van der Waals surface area contributed by atoms with E-state index in [0.29, 0.717) is 30.6 Å². The van der Waals surface area contributed by atoms with E-state index in [4.69, 9.17) is 34.0 Å². The lowest BCUT2D eigenvalue weighted by Gasteiger charge is -2.29. The zero-order valence-electron chi connectivity index (χ0n) is 31.1. The average Bonchev–Trinajstić information content (AvgIpc) is 3.16. The molecule has 1 aliphatic carbocycles. The summed E-state index contributed by atoms with van der Waals surface area (Å²) in [6, 6.07) is 19.4. The molecular weight excluding hydrogens is 663 g/mol. The van der Waals surface area contributed by atoms with Crippen LogP contribution in [-0.2, 0) is 19.1 Å². The third kappa shape index (κ3) is 18.1. The Bertz CT molecular complexity index is 1450. The molecule has 1 saturated carbocycles. The molecule has 8 nitrogen and oxygen atoms in total. The maximum absolute atomic E-state index is 15.3. The molecule has 2 N–H and O–H groups in total. The number of rotatable bonds is 16. The lowest BCUT2D eigenvalue weighted by atomic mass is 9.77. The number of hydrogen-bond donors (Lipinski definition) is 2. The van der Waals surface area contributed by atoms with Crippen LogP contribution in [0.3, 0.4) is 0 Å². The molecule has 0 unspecified atom stereocenters. The van der Waals surface area contributed by atoms with Gasteiger partial charge in [0, 0.05) is 20.1 Å². The Balaban J connectivity index is 0.00000108. The summed E-state index contributed by atoms with van der Waals surface area (Å²) in [6.07, 6.45) is 12.3. The zero-order chi connectivity index (χ0) is 38.6. The van der Waals surface area contributed by atoms with Gasteiger partial charge >= 0.3 is 5.97 Å². The maximum Gasteiger partial charge on any atom is 0.302 e. The minimum Gasteiger partial charge on any atom is -0.491 e. The minimum atomic E-state index is -0.345. The summed E-state index contributed by atoms with van der Waals surface area (Å²) in [6.45, 7) is 14.5. The van der Waals surface area contributed by atoms with Gasteiger partial charge in [-0.05, 0) is 103 Å². The van der Waals surface area contributed by atoms with E-state index in [0.717, 1.165) is 59.3 Å². The van der Waals surface area contributed by atoms with Crippen LogP contribution < -0.4 is 9.47 Å². The van der Waals surface area contributed by atoms with E-state index >= 15 is 4.39 Å². The fourth-order valence-corrected chi connectivity index (χ4v) is 5.50. The molecule has 0 amide bonds. The predicted molar refractivity (Wildman–Crippen MR) is 207 cm³/mol. The number of hydrogen-bond acceptors (Lipinski definition) is 8. The molecule has 3 aromatic carbocycles. The van der Waals surface area contributed by atoms with Gasteiger partial charge in [0.15, 0.2) is 0 Å². The zero-order valence-corrected chi connectivity index (χ0v) is 31.1. The van der Waals surface area contributed by atoms with Crippen LogP contribution in [0.2, 0.25) is 0 Å². The van der Waals surface area contributed by atoms with E-state index in [9.17, 15) is 4.79 Å². The molecule has 0 radical (unpaired) electrons. The van der Waals surface area contributed by atoms with Crippen LogP contribution in [-0.4, -0.2) is 69.2 Å². The standard InChI is InChI=1S/C35H41FO5.2C3H6O.C2H4O/c1-4-5-6-26-7-9-29(10-8-26)34-16-15-30(23-35(34)36)27-11-13-28(14-12-27)31-21-32(40-18-17-38-3)24-33(22-31)41-20-19-39-25(2)37;2*1-2-3-4;1-2-3/h4,11-16,21-24,26,29H,1,5-10,17-20H2,2-3H3;2*2,4H,1,3H2;2H,1H3. The van der Waals surface area contributed by atoms with E-state index in [2.05, 4.69) is 19.7 Å². The lowest BCUT2D eigenvalue weighted by Crippen LogP contribution is -2.14. The van der Waals surface area contributed by atoms with Gasteiger partial charge in [-0.3, -0.25) is 4.79 Å². The summed E-state index contributed by atoms with van der Waals surface area (Å²) in [5, 5.41) is 15.5. The van der Waals surface area contributed by atoms with Gasteiger partial charge in [0.1, 0.15) is 43.4 Å². The van der Waals surface area contributed by atoms with Crippen LogP contribution in [0.15, 0.2) is 98.6 Å². The average molecular weight is 721 g/mol. The lowest BCUT2D eigenvalue weighted by molar-refractivity contribution is -0.141. The van der Waals surface area contributed by atoms with Crippen LogP contribution >= 0.6 is 0 Å². The number of methoxy groups -OCH3 is 1. The summed E-state index contributed by atoms with van der Waals surface area (Å²) in [7, 11) is 1.63. The Morgan fingerprint density at radius 2 is 1.27 bits per heavy atom. The number of ether oxygens (including phenoxy) is 4. The summed E-state index contributed by atoms with van der Waals surface area (Å²) in [5.74, 6) is 1.85. The molecule has 0 saturated heterocycles. The van der Waals surface area contributed by atoms with E-state index in [1.807, 2.05) is 54.6 Å². The third-order valence-corrected chi connectivity index (χ3v) is 7.97. The highest BCUT2D eigenvalue weighted by Gasteiger charge is 2.24. The molecule has 1 fully saturated rings. The molecule has 52 heavy (non-hydrogen) atoms. The molecule has 0 heterocycles. The predicted octanol–water partition coefficient (Wildman–Crippen LogP) is 8.90. The Morgan fingerprint density at radius 1 is 0.769 bits per heavy atom. The van der Waals surface area contributed by atoms with Crippen molar-refractivity contribution in [1.29, 1.82) is 0 Å². The van der Waals surface area contributed by atoms with Crippen molar-refractivity contribution >= 4 is 12.3 Å². The highest BCUT2D eigenvalue weighted by Crippen LogP contribution is 2.39. The second-order valence-corrected chi connectivity index (χ2v) is 11.8. The normalized spacial score (nSPS) is 14.3. The molecule has 0 aliphatic heterocycles. The Kier molecular flexibility index (Phi) is 24.5. The van der Waals surface area contributed by atoms with Crippen molar-refractivity contribution in [3.8, 4) is 33.8 Å². The number of aliphatic hydroxyl groups excluding tert-OH is 2. The second kappa shape index (κ2) is 28.1. The Labute approximate surface area is 309 Å². The molecular formula is C43H57FO8. The van der Waals surface area contributed by atoms with Crippen molar-refractivity contribution in [2.75, 3.05) is 46.8 Å². The second-order valence-electron chi connectivity index (χ2n) is 11.8. The first-order valence-corrected chi connectivity index (χ1v) is 17.6. The van der Waals surface area contributed by atoms with Gasteiger partial charge in [0.2, 0.25) is 0 Å². The van der Waals surface area contributed by atoms with E-state index < -0.39 is 0 Å². The SMILES string of the molecule is C=CCCC1CCC(c2ccc(-c3ccc(-c4cc(OCCOC)cc(OCCOC(C)=O)c4)cc3)cc2F)CC1.C=CCO.C=CCO.CC=O. The van der Waals surface area contributed by atoms with Gasteiger partial charge in [0.05, 0.1) is 19.8 Å².